The van der Waals surface area contributed by atoms with Crippen LogP contribution in [0.25, 0.3) is 0 Å². The number of aryl methyl sites for hydroxylation is 1. The van der Waals surface area contributed by atoms with Gasteiger partial charge < -0.3 is 10.5 Å². The summed E-state index contributed by atoms with van der Waals surface area (Å²) in [6.45, 7) is 0.795. The van der Waals surface area contributed by atoms with Crippen molar-refractivity contribution in [1.82, 2.24) is 4.98 Å². The van der Waals surface area contributed by atoms with Crippen molar-refractivity contribution in [2.45, 2.75) is 26.3 Å². The zero-order valence-corrected chi connectivity index (χ0v) is 8.68. The second-order valence-corrected chi connectivity index (χ2v) is 3.19. The molecule has 0 unspecified atom stereocenters. The van der Waals surface area contributed by atoms with Gasteiger partial charge in [-0.2, -0.15) is 0 Å². The van der Waals surface area contributed by atoms with E-state index in [9.17, 15) is 22.0 Å². The molecule has 1 aromatic heterocycles. The number of nitrogens with zero attached hydrogens (tertiary/aromatic N) is 1. The first-order valence-electron chi connectivity index (χ1n) is 4.49. The van der Waals surface area contributed by atoms with Crippen LogP contribution in [0.1, 0.15) is 23.4 Å². The third kappa shape index (κ3) is 3.52. The maximum absolute atomic E-state index is 12.4. The van der Waals surface area contributed by atoms with Gasteiger partial charge in [0.1, 0.15) is 5.69 Å². The van der Waals surface area contributed by atoms with Gasteiger partial charge >= 0.3 is 6.36 Å². The molecule has 0 fully saturated rings. The fraction of sp³-hybridized carbons (Fsp3) is 0.444. The van der Waals surface area contributed by atoms with Crippen molar-refractivity contribution < 1.29 is 26.7 Å². The van der Waals surface area contributed by atoms with Gasteiger partial charge in [-0.25, -0.2) is 13.8 Å². The lowest BCUT2D eigenvalue weighted by Crippen LogP contribution is -2.20. The first-order chi connectivity index (χ1) is 7.74. The predicted octanol–water partition coefficient (Wildman–Crippen LogP) is 2.68. The molecular weight excluding hydrogens is 247 g/mol. The van der Waals surface area contributed by atoms with Crippen LogP contribution in [0.2, 0.25) is 0 Å². The Morgan fingerprint density at radius 1 is 1.41 bits per heavy atom. The largest absolute Gasteiger partial charge is 0.573 e. The fourth-order valence-corrected chi connectivity index (χ4v) is 1.22. The Morgan fingerprint density at radius 3 is 2.41 bits per heavy atom. The first-order valence-corrected chi connectivity index (χ1v) is 4.49. The van der Waals surface area contributed by atoms with Crippen LogP contribution >= 0.6 is 0 Å². The summed E-state index contributed by atoms with van der Waals surface area (Å²) in [6.07, 6.45) is -7.79. The molecule has 2 N–H and O–H groups in total. The zero-order chi connectivity index (χ0) is 13.2. The number of hydrogen-bond acceptors (Lipinski definition) is 3. The minimum Gasteiger partial charge on any atom is -0.404 e. The molecule has 0 aromatic carbocycles. The van der Waals surface area contributed by atoms with E-state index < -0.39 is 30.8 Å². The average Bonchev–Trinajstić information content (AvgIpc) is 2.14. The number of rotatable bonds is 3. The summed E-state index contributed by atoms with van der Waals surface area (Å²) in [5.74, 6) is -0.651. The highest BCUT2D eigenvalue weighted by atomic mass is 19.4. The lowest BCUT2D eigenvalue weighted by atomic mass is 10.2. The van der Waals surface area contributed by atoms with Crippen LogP contribution in [0, 0.1) is 6.92 Å². The maximum atomic E-state index is 12.4. The van der Waals surface area contributed by atoms with E-state index in [1.807, 2.05) is 0 Å². The van der Waals surface area contributed by atoms with Crippen molar-refractivity contribution >= 4 is 0 Å². The van der Waals surface area contributed by atoms with E-state index >= 15 is 0 Å². The van der Waals surface area contributed by atoms with Crippen LogP contribution < -0.4 is 10.5 Å². The fourth-order valence-electron chi connectivity index (χ4n) is 1.22. The van der Waals surface area contributed by atoms with E-state index in [2.05, 4.69) is 9.72 Å². The Morgan fingerprint density at radius 2 is 2.00 bits per heavy atom. The molecule has 0 atom stereocenters. The molecule has 0 saturated carbocycles. The Balaban J connectivity index is 3.19. The van der Waals surface area contributed by atoms with E-state index in [0.29, 0.717) is 0 Å². The topological polar surface area (TPSA) is 48.1 Å². The number of ether oxygens (including phenoxy) is 1. The zero-order valence-electron chi connectivity index (χ0n) is 8.68. The molecule has 1 aromatic rings. The summed E-state index contributed by atoms with van der Waals surface area (Å²) in [5, 5.41) is 0. The quantitative estimate of drug-likeness (QED) is 0.846. The molecule has 0 aliphatic heterocycles. The average molecular weight is 256 g/mol. The van der Waals surface area contributed by atoms with Crippen molar-refractivity contribution in [3.63, 3.8) is 0 Å². The number of hydrogen-bond donors (Lipinski definition) is 1. The Bertz CT molecular complexity index is 405. The van der Waals surface area contributed by atoms with Crippen LogP contribution in [0.3, 0.4) is 0 Å². The highest BCUT2D eigenvalue weighted by molar-refractivity contribution is 5.35. The van der Waals surface area contributed by atoms with E-state index in [4.69, 9.17) is 5.73 Å². The number of aromatic nitrogens is 1. The molecule has 17 heavy (non-hydrogen) atoms. The van der Waals surface area contributed by atoms with Gasteiger partial charge in [0, 0.05) is 6.54 Å². The first kappa shape index (κ1) is 13.6. The normalized spacial score (nSPS) is 12.0. The number of pyridine rings is 1. The standard InChI is InChI=1S/C9H9F5N2O/c1-4-2-6(17-9(12,13)14)5(3-15)16-7(4)8(10)11/h2,8H,3,15H2,1H3. The molecule has 0 amide bonds. The van der Waals surface area contributed by atoms with Gasteiger partial charge in [-0.3, -0.25) is 0 Å². The second-order valence-electron chi connectivity index (χ2n) is 3.19. The lowest BCUT2D eigenvalue weighted by molar-refractivity contribution is -0.275. The van der Waals surface area contributed by atoms with E-state index in [1.54, 1.807) is 0 Å². The van der Waals surface area contributed by atoms with Gasteiger partial charge in [-0.1, -0.05) is 0 Å². The summed E-state index contributed by atoms with van der Waals surface area (Å²) in [5.41, 5.74) is 4.09. The molecule has 0 bridgehead atoms. The summed E-state index contributed by atoms with van der Waals surface area (Å²) < 4.78 is 64.6. The highest BCUT2D eigenvalue weighted by Crippen LogP contribution is 2.30. The lowest BCUT2D eigenvalue weighted by Gasteiger charge is -2.14. The van der Waals surface area contributed by atoms with Gasteiger partial charge in [0.15, 0.2) is 5.75 Å². The van der Waals surface area contributed by atoms with Crippen LogP contribution in [0.4, 0.5) is 22.0 Å². The summed E-state index contributed by atoms with van der Waals surface area (Å²) in [6, 6.07) is 0.851. The van der Waals surface area contributed by atoms with Crippen LogP contribution in [0.5, 0.6) is 5.75 Å². The predicted molar refractivity (Wildman–Crippen MR) is 48.5 cm³/mol. The molecule has 0 saturated heterocycles. The number of nitrogens with two attached hydrogens (primary N) is 1. The monoisotopic (exact) mass is 256 g/mol. The van der Waals surface area contributed by atoms with Gasteiger partial charge in [0.05, 0.1) is 5.69 Å². The minimum atomic E-state index is -4.91. The molecule has 0 spiro atoms. The Kier molecular flexibility index (Phi) is 3.87. The van der Waals surface area contributed by atoms with Crippen molar-refractivity contribution in [3.8, 4) is 5.75 Å². The van der Waals surface area contributed by atoms with Crippen LogP contribution in [0.15, 0.2) is 6.07 Å². The molecule has 0 radical (unpaired) electrons. The molecule has 0 aliphatic carbocycles. The van der Waals surface area contributed by atoms with Crippen molar-refractivity contribution in [1.29, 1.82) is 0 Å². The molecule has 1 rings (SSSR count). The Hall–Kier alpha value is -1.44. The van der Waals surface area contributed by atoms with Gasteiger partial charge in [-0.05, 0) is 18.6 Å². The molecule has 96 valence electrons. The smallest absolute Gasteiger partial charge is 0.404 e. The minimum absolute atomic E-state index is 0.0866. The molecule has 1 heterocycles. The number of alkyl halides is 5. The maximum Gasteiger partial charge on any atom is 0.573 e. The Labute approximate surface area is 93.4 Å². The van der Waals surface area contributed by atoms with Crippen molar-refractivity contribution in [2.24, 2.45) is 5.73 Å². The molecule has 8 heteroatoms. The SMILES string of the molecule is Cc1cc(OC(F)(F)F)c(CN)nc1C(F)F. The molecule has 3 nitrogen and oxygen atoms in total. The summed E-state index contributed by atoms with van der Waals surface area (Å²) in [7, 11) is 0. The van der Waals surface area contributed by atoms with Gasteiger partial charge in [0.25, 0.3) is 6.43 Å². The number of halogens is 5. The van der Waals surface area contributed by atoms with E-state index in [1.165, 1.54) is 6.92 Å². The van der Waals surface area contributed by atoms with Gasteiger partial charge in [0.2, 0.25) is 0 Å². The second kappa shape index (κ2) is 4.82. The van der Waals surface area contributed by atoms with Gasteiger partial charge in [-0.15, -0.1) is 13.2 Å². The van der Waals surface area contributed by atoms with Crippen LogP contribution in [-0.2, 0) is 6.54 Å². The third-order valence-corrected chi connectivity index (χ3v) is 1.92. The van der Waals surface area contributed by atoms with E-state index in [0.717, 1.165) is 6.07 Å². The van der Waals surface area contributed by atoms with Crippen LogP contribution in [-0.4, -0.2) is 11.3 Å². The van der Waals surface area contributed by atoms with Crippen molar-refractivity contribution in [3.05, 3.63) is 23.0 Å². The summed E-state index contributed by atoms with van der Waals surface area (Å²) in [4.78, 5) is 3.37. The molecular formula is C9H9F5N2O. The third-order valence-electron chi connectivity index (χ3n) is 1.92. The van der Waals surface area contributed by atoms with E-state index in [-0.39, 0.29) is 11.3 Å². The highest BCUT2D eigenvalue weighted by Gasteiger charge is 2.33. The van der Waals surface area contributed by atoms with Crippen molar-refractivity contribution in [2.75, 3.05) is 0 Å². The summed E-state index contributed by atoms with van der Waals surface area (Å²) >= 11 is 0. The molecule has 0 aliphatic rings.